The van der Waals surface area contributed by atoms with Gasteiger partial charge in [0.2, 0.25) is 10.0 Å². The minimum atomic E-state index is -3.44. The van der Waals surface area contributed by atoms with Crippen LogP contribution in [0, 0.1) is 6.92 Å². The quantitative estimate of drug-likeness (QED) is 0.879. The van der Waals surface area contributed by atoms with E-state index in [2.05, 4.69) is 9.71 Å². The summed E-state index contributed by atoms with van der Waals surface area (Å²) in [6.45, 7) is 2.26. The molecule has 2 heterocycles. The predicted octanol–water partition coefficient (Wildman–Crippen LogP) is 1.62. The second-order valence-corrected chi connectivity index (χ2v) is 7.58. The van der Waals surface area contributed by atoms with Crippen LogP contribution in [0.3, 0.4) is 0 Å². The zero-order chi connectivity index (χ0) is 13.2. The SMILES string of the molecule is Cc1csc(CCNS(=O)(=O)c2cc(N)cs2)n1. The number of anilines is 1. The molecule has 3 N–H and O–H groups in total. The minimum absolute atomic E-state index is 0.246. The molecule has 0 bridgehead atoms. The van der Waals surface area contributed by atoms with Crippen LogP contribution in [0.4, 0.5) is 5.69 Å². The number of aryl methyl sites for hydroxylation is 1. The van der Waals surface area contributed by atoms with Crippen LogP contribution in [-0.2, 0) is 16.4 Å². The van der Waals surface area contributed by atoms with Gasteiger partial charge < -0.3 is 5.73 Å². The van der Waals surface area contributed by atoms with Gasteiger partial charge in [-0.15, -0.1) is 22.7 Å². The monoisotopic (exact) mass is 303 g/mol. The molecule has 0 saturated heterocycles. The number of sulfonamides is 1. The lowest BCUT2D eigenvalue weighted by molar-refractivity contribution is 0.583. The molecule has 0 saturated carbocycles. The molecule has 0 aliphatic rings. The standard InChI is InChI=1S/C10H13N3O2S3/c1-7-5-16-9(13-7)2-3-12-18(14,15)10-4-8(11)6-17-10/h4-6,12H,2-3,11H2,1H3. The number of rotatable bonds is 5. The van der Waals surface area contributed by atoms with Crippen LogP contribution >= 0.6 is 22.7 Å². The van der Waals surface area contributed by atoms with Crippen molar-refractivity contribution in [2.45, 2.75) is 17.6 Å². The van der Waals surface area contributed by atoms with E-state index < -0.39 is 10.0 Å². The minimum Gasteiger partial charge on any atom is -0.398 e. The van der Waals surface area contributed by atoms with Crippen molar-refractivity contribution in [3.63, 3.8) is 0 Å². The Morgan fingerprint density at radius 1 is 1.39 bits per heavy atom. The van der Waals surface area contributed by atoms with Crippen LogP contribution in [0.25, 0.3) is 0 Å². The van der Waals surface area contributed by atoms with Crippen molar-refractivity contribution in [1.29, 1.82) is 0 Å². The molecule has 0 fully saturated rings. The summed E-state index contributed by atoms with van der Waals surface area (Å²) in [5.74, 6) is 0. The number of hydrogen-bond donors (Lipinski definition) is 2. The molecule has 0 atom stereocenters. The van der Waals surface area contributed by atoms with Crippen molar-refractivity contribution in [3.05, 3.63) is 27.5 Å². The van der Waals surface area contributed by atoms with Crippen molar-refractivity contribution >= 4 is 38.4 Å². The lowest BCUT2D eigenvalue weighted by Gasteiger charge is -2.02. The van der Waals surface area contributed by atoms with Gasteiger partial charge in [-0.25, -0.2) is 18.1 Å². The first kappa shape index (κ1) is 13.5. The van der Waals surface area contributed by atoms with Crippen LogP contribution in [0.2, 0.25) is 0 Å². The van der Waals surface area contributed by atoms with Gasteiger partial charge in [0.05, 0.1) is 5.01 Å². The van der Waals surface area contributed by atoms with Crippen molar-refractivity contribution in [1.82, 2.24) is 9.71 Å². The molecule has 0 spiro atoms. The fraction of sp³-hybridized carbons (Fsp3) is 0.300. The number of nitrogens with two attached hydrogens (primary N) is 1. The highest BCUT2D eigenvalue weighted by molar-refractivity contribution is 7.91. The lowest BCUT2D eigenvalue weighted by atomic mass is 10.4. The van der Waals surface area contributed by atoms with Gasteiger partial charge in [-0.05, 0) is 13.0 Å². The highest BCUT2D eigenvalue weighted by Gasteiger charge is 2.15. The Labute approximate surface area is 114 Å². The average Bonchev–Trinajstić information content (AvgIpc) is 2.88. The molecule has 5 nitrogen and oxygen atoms in total. The van der Waals surface area contributed by atoms with E-state index in [-0.39, 0.29) is 4.21 Å². The van der Waals surface area contributed by atoms with Crippen LogP contribution in [0.15, 0.2) is 21.0 Å². The Hall–Kier alpha value is -0.960. The third kappa shape index (κ3) is 3.29. The van der Waals surface area contributed by atoms with Gasteiger partial charge in [-0.2, -0.15) is 0 Å². The van der Waals surface area contributed by atoms with Gasteiger partial charge in [0.1, 0.15) is 4.21 Å². The summed E-state index contributed by atoms with van der Waals surface area (Å²) < 4.78 is 26.5. The Kier molecular flexibility index (Phi) is 4.00. The van der Waals surface area contributed by atoms with Crippen LogP contribution in [-0.4, -0.2) is 19.9 Å². The molecule has 0 aromatic carbocycles. The number of thiophene rings is 1. The summed E-state index contributed by atoms with van der Waals surface area (Å²) in [6, 6.07) is 1.46. The zero-order valence-corrected chi connectivity index (χ0v) is 12.2. The van der Waals surface area contributed by atoms with Crippen molar-refractivity contribution in [3.8, 4) is 0 Å². The molecule has 2 rings (SSSR count). The molecule has 18 heavy (non-hydrogen) atoms. The molecular formula is C10H13N3O2S3. The van der Waals surface area contributed by atoms with Gasteiger partial charge in [-0.1, -0.05) is 0 Å². The Bertz CT molecular complexity index is 630. The van der Waals surface area contributed by atoms with Gasteiger partial charge >= 0.3 is 0 Å². The van der Waals surface area contributed by atoms with E-state index >= 15 is 0 Å². The molecule has 8 heteroatoms. The number of thiazole rings is 1. The van der Waals surface area contributed by atoms with Crippen molar-refractivity contribution in [2.75, 3.05) is 12.3 Å². The normalized spacial score (nSPS) is 11.8. The molecule has 0 aliphatic carbocycles. The maximum Gasteiger partial charge on any atom is 0.250 e. The highest BCUT2D eigenvalue weighted by atomic mass is 32.2. The summed E-state index contributed by atoms with van der Waals surface area (Å²) in [7, 11) is -3.44. The average molecular weight is 303 g/mol. The molecule has 2 aromatic rings. The number of aromatic nitrogens is 1. The largest absolute Gasteiger partial charge is 0.398 e. The van der Waals surface area contributed by atoms with Crippen LogP contribution < -0.4 is 10.5 Å². The van der Waals surface area contributed by atoms with Crippen molar-refractivity contribution in [2.24, 2.45) is 0 Å². The van der Waals surface area contributed by atoms with E-state index in [4.69, 9.17) is 5.73 Å². The van der Waals surface area contributed by atoms with Gasteiger partial charge in [-0.3, -0.25) is 0 Å². The third-order valence-corrected chi connectivity index (χ3v) is 6.10. The number of nitrogens with zero attached hydrogens (tertiary/aromatic N) is 1. The van der Waals surface area contributed by atoms with E-state index in [0.717, 1.165) is 22.0 Å². The Balaban J connectivity index is 1.93. The molecule has 2 aromatic heterocycles. The zero-order valence-electron chi connectivity index (χ0n) is 9.71. The molecule has 0 unspecified atom stereocenters. The summed E-state index contributed by atoms with van der Waals surface area (Å²) in [5, 5.41) is 4.49. The maximum absolute atomic E-state index is 11.9. The van der Waals surface area contributed by atoms with Crippen LogP contribution in [0.1, 0.15) is 10.7 Å². The fourth-order valence-corrected chi connectivity index (χ4v) is 4.28. The summed E-state index contributed by atoms with van der Waals surface area (Å²) in [5.41, 5.74) is 6.94. The molecule has 0 radical (unpaired) electrons. The lowest BCUT2D eigenvalue weighted by Crippen LogP contribution is -2.25. The molecule has 0 amide bonds. The fourth-order valence-electron chi connectivity index (χ4n) is 1.35. The topological polar surface area (TPSA) is 85.1 Å². The Morgan fingerprint density at radius 2 is 2.17 bits per heavy atom. The van der Waals surface area contributed by atoms with Gasteiger partial charge in [0.15, 0.2) is 0 Å². The van der Waals surface area contributed by atoms with Gasteiger partial charge in [0, 0.05) is 35.1 Å². The summed E-state index contributed by atoms with van der Waals surface area (Å²) >= 11 is 2.66. The summed E-state index contributed by atoms with van der Waals surface area (Å²) in [4.78, 5) is 4.27. The summed E-state index contributed by atoms with van der Waals surface area (Å²) in [6.07, 6.45) is 0.596. The Morgan fingerprint density at radius 3 is 2.72 bits per heavy atom. The van der Waals surface area contributed by atoms with E-state index in [1.165, 1.54) is 17.4 Å². The van der Waals surface area contributed by atoms with E-state index in [9.17, 15) is 8.42 Å². The molecular weight excluding hydrogens is 290 g/mol. The second kappa shape index (κ2) is 5.35. The van der Waals surface area contributed by atoms with Gasteiger partial charge in [0.25, 0.3) is 0 Å². The molecule has 0 aliphatic heterocycles. The highest BCUT2D eigenvalue weighted by Crippen LogP contribution is 2.21. The molecule has 98 valence electrons. The number of nitrogens with one attached hydrogen (secondary N) is 1. The smallest absolute Gasteiger partial charge is 0.250 e. The first-order chi connectivity index (χ1) is 8.47. The maximum atomic E-state index is 11.9. The van der Waals surface area contributed by atoms with Crippen molar-refractivity contribution < 1.29 is 8.42 Å². The predicted molar refractivity (Wildman–Crippen MR) is 74.5 cm³/mol. The van der Waals surface area contributed by atoms with E-state index in [1.54, 1.807) is 5.38 Å². The van der Waals surface area contributed by atoms with E-state index in [1.807, 2.05) is 12.3 Å². The van der Waals surface area contributed by atoms with E-state index in [0.29, 0.717) is 18.7 Å². The number of nitrogen functional groups attached to an aromatic ring is 1. The number of hydrogen-bond acceptors (Lipinski definition) is 6. The van der Waals surface area contributed by atoms with Crippen LogP contribution in [0.5, 0.6) is 0 Å². The first-order valence-electron chi connectivity index (χ1n) is 5.22. The third-order valence-electron chi connectivity index (χ3n) is 2.16. The second-order valence-electron chi connectivity index (χ2n) is 3.73. The first-order valence-corrected chi connectivity index (χ1v) is 8.46.